The van der Waals surface area contributed by atoms with Gasteiger partial charge in [-0.1, -0.05) is 57.3 Å². The summed E-state index contributed by atoms with van der Waals surface area (Å²) in [6.45, 7) is 2.59. The molecule has 194 valence electrons. The van der Waals surface area contributed by atoms with Gasteiger partial charge in [0.15, 0.2) is 5.54 Å². The number of amides is 1. The SMILES string of the molecule is C[C@H]1OC(c2ccc(OCCCO)cc2)=N[C@@]1(Cc1ccc(Br)cc1)C(=O)NCc1ccc(Cl)cc1Cl. The molecule has 37 heavy (non-hydrogen) atoms. The van der Waals surface area contributed by atoms with Gasteiger partial charge in [0.25, 0.3) is 5.91 Å². The molecule has 0 aliphatic carbocycles. The van der Waals surface area contributed by atoms with Crippen LogP contribution >= 0.6 is 39.1 Å². The van der Waals surface area contributed by atoms with Gasteiger partial charge >= 0.3 is 0 Å². The Morgan fingerprint density at radius 1 is 1.14 bits per heavy atom. The summed E-state index contributed by atoms with van der Waals surface area (Å²) in [5.74, 6) is 0.821. The van der Waals surface area contributed by atoms with Crippen molar-refractivity contribution in [3.63, 3.8) is 0 Å². The lowest BCUT2D eigenvalue weighted by Gasteiger charge is -2.28. The molecule has 6 nitrogen and oxygen atoms in total. The molecule has 1 heterocycles. The number of carbonyl (C=O) groups excluding carboxylic acids is 1. The molecule has 1 aliphatic heterocycles. The van der Waals surface area contributed by atoms with Crippen LogP contribution in [-0.2, 0) is 22.5 Å². The Hall–Kier alpha value is -2.58. The van der Waals surface area contributed by atoms with Crippen LogP contribution < -0.4 is 10.1 Å². The van der Waals surface area contributed by atoms with Crippen molar-refractivity contribution in [1.82, 2.24) is 5.32 Å². The van der Waals surface area contributed by atoms with Gasteiger partial charge in [-0.2, -0.15) is 0 Å². The number of rotatable bonds is 10. The van der Waals surface area contributed by atoms with Gasteiger partial charge in [0.2, 0.25) is 5.90 Å². The quantitative estimate of drug-likeness (QED) is 0.279. The van der Waals surface area contributed by atoms with E-state index in [1.165, 1.54) is 0 Å². The second-order valence-electron chi connectivity index (χ2n) is 8.77. The predicted molar refractivity (Wildman–Crippen MR) is 150 cm³/mol. The van der Waals surface area contributed by atoms with Gasteiger partial charge in [0.1, 0.15) is 11.9 Å². The molecule has 2 atom stereocenters. The van der Waals surface area contributed by atoms with Crippen LogP contribution in [0.1, 0.15) is 30.0 Å². The first-order valence-corrected chi connectivity index (χ1v) is 13.4. The second-order valence-corrected chi connectivity index (χ2v) is 10.5. The molecule has 0 radical (unpaired) electrons. The van der Waals surface area contributed by atoms with Gasteiger partial charge in [-0.3, -0.25) is 4.79 Å². The normalized spacial score (nSPS) is 18.7. The smallest absolute Gasteiger partial charge is 0.252 e. The molecule has 1 amide bonds. The molecular weight excluding hydrogens is 579 g/mol. The van der Waals surface area contributed by atoms with E-state index in [1.54, 1.807) is 18.2 Å². The molecule has 0 saturated carbocycles. The minimum absolute atomic E-state index is 0.0767. The van der Waals surface area contributed by atoms with Crippen LogP contribution in [0.3, 0.4) is 0 Å². The molecule has 3 aromatic carbocycles. The van der Waals surface area contributed by atoms with E-state index in [2.05, 4.69) is 21.2 Å². The average Bonchev–Trinajstić information content (AvgIpc) is 3.22. The number of aliphatic imine (C=N–C) groups is 1. The third-order valence-corrected chi connectivity index (χ3v) is 7.28. The first-order chi connectivity index (χ1) is 17.8. The zero-order valence-corrected chi connectivity index (χ0v) is 23.3. The molecule has 0 unspecified atom stereocenters. The standard InChI is InChI=1S/C28H27BrCl2N2O4/c1-18-28(16-19-3-8-22(29)9-4-19,27(35)32-17-21-5-10-23(30)15-25(21)31)33-26(37-18)20-6-11-24(12-7-20)36-14-2-13-34/h3-12,15,18,34H,2,13-14,16-17H2,1H3,(H,32,35)/t18-,28-/m1/s1. The Labute approximate surface area is 234 Å². The van der Waals surface area contributed by atoms with E-state index in [0.29, 0.717) is 41.1 Å². The van der Waals surface area contributed by atoms with Crippen LogP contribution in [0.25, 0.3) is 0 Å². The van der Waals surface area contributed by atoms with Crippen LogP contribution in [0, 0.1) is 0 Å². The number of hydrogen-bond donors (Lipinski definition) is 2. The topological polar surface area (TPSA) is 80.2 Å². The molecule has 0 aromatic heterocycles. The number of benzene rings is 3. The zero-order chi connectivity index (χ0) is 26.4. The average molecular weight is 606 g/mol. The number of nitrogens with one attached hydrogen (secondary N) is 1. The molecule has 1 aliphatic rings. The second kappa shape index (κ2) is 12.3. The highest BCUT2D eigenvalue weighted by molar-refractivity contribution is 9.10. The number of aliphatic hydroxyl groups excluding tert-OH is 1. The molecule has 0 saturated heterocycles. The molecule has 0 bridgehead atoms. The van der Waals surface area contributed by atoms with E-state index in [0.717, 1.165) is 21.2 Å². The highest BCUT2D eigenvalue weighted by atomic mass is 79.9. The van der Waals surface area contributed by atoms with E-state index < -0.39 is 11.6 Å². The number of halogens is 3. The summed E-state index contributed by atoms with van der Waals surface area (Å²) >= 11 is 15.8. The highest BCUT2D eigenvalue weighted by Crippen LogP contribution is 2.33. The van der Waals surface area contributed by atoms with Crippen molar-refractivity contribution in [2.24, 2.45) is 4.99 Å². The summed E-state index contributed by atoms with van der Waals surface area (Å²) in [5.41, 5.74) is 1.27. The van der Waals surface area contributed by atoms with Crippen molar-refractivity contribution in [2.45, 2.75) is 38.0 Å². The fourth-order valence-electron chi connectivity index (χ4n) is 4.05. The van der Waals surface area contributed by atoms with Crippen LogP contribution in [0.5, 0.6) is 5.75 Å². The predicted octanol–water partition coefficient (Wildman–Crippen LogP) is 5.98. The molecule has 0 fully saturated rings. The lowest BCUT2D eigenvalue weighted by molar-refractivity contribution is -0.128. The van der Waals surface area contributed by atoms with Crippen LogP contribution in [0.4, 0.5) is 0 Å². The Balaban J connectivity index is 1.61. The first-order valence-electron chi connectivity index (χ1n) is 11.9. The maximum absolute atomic E-state index is 13.8. The van der Waals surface area contributed by atoms with E-state index in [-0.39, 0.29) is 19.1 Å². The first kappa shape index (κ1) is 27.5. The maximum Gasteiger partial charge on any atom is 0.252 e. The van der Waals surface area contributed by atoms with E-state index in [4.69, 9.17) is 42.8 Å². The monoisotopic (exact) mass is 604 g/mol. The summed E-state index contributed by atoms with van der Waals surface area (Å²) in [6.07, 6.45) is 0.393. The zero-order valence-electron chi connectivity index (χ0n) is 20.2. The van der Waals surface area contributed by atoms with Gasteiger partial charge in [-0.15, -0.1) is 0 Å². The summed E-state index contributed by atoms with van der Waals surface area (Å²) in [6, 6.07) is 20.3. The van der Waals surface area contributed by atoms with E-state index >= 15 is 0 Å². The van der Waals surface area contributed by atoms with Crippen molar-refractivity contribution in [3.05, 3.63) is 97.9 Å². The van der Waals surface area contributed by atoms with E-state index in [1.807, 2.05) is 55.5 Å². The summed E-state index contributed by atoms with van der Waals surface area (Å²) < 4.78 is 12.7. The molecule has 4 rings (SSSR count). The van der Waals surface area contributed by atoms with Gasteiger partial charge in [0.05, 0.1) is 6.61 Å². The van der Waals surface area contributed by atoms with Crippen molar-refractivity contribution >= 4 is 50.9 Å². The van der Waals surface area contributed by atoms with Crippen LogP contribution in [0.2, 0.25) is 10.0 Å². The number of hydrogen-bond acceptors (Lipinski definition) is 5. The molecule has 3 aromatic rings. The lowest BCUT2D eigenvalue weighted by atomic mass is 9.86. The van der Waals surface area contributed by atoms with Crippen molar-refractivity contribution in [3.8, 4) is 5.75 Å². The van der Waals surface area contributed by atoms with Crippen LogP contribution in [-0.4, -0.2) is 41.8 Å². The van der Waals surface area contributed by atoms with Gasteiger partial charge in [-0.25, -0.2) is 4.99 Å². The largest absolute Gasteiger partial charge is 0.494 e. The van der Waals surface area contributed by atoms with Gasteiger partial charge in [-0.05, 0) is 66.6 Å². The molecular formula is C28H27BrCl2N2O4. The third-order valence-electron chi connectivity index (χ3n) is 6.17. The summed E-state index contributed by atoms with van der Waals surface area (Å²) in [7, 11) is 0. The number of carbonyl (C=O) groups is 1. The lowest BCUT2D eigenvalue weighted by Crippen LogP contribution is -2.52. The molecule has 0 spiro atoms. The fourth-order valence-corrected chi connectivity index (χ4v) is 4.79. The van der Waals surface area contributed by atoms with Gasteiger partial charge < -0.3 is 19.9 Å². The number of aliphatic hydroxyl groups is 1. The minimum Gasteiger partial charge on any atom is -0.494 e. The Morgan fingerprint density at radius 2 is 1.86 bits per heavy atom. The highest BCUT2D eigenvalue weighted by Gasteiger charge is 2.50. The number of nitrogens with zero attached hydrogens (tertiary/aromatic N) is 1. The summed E-state index contributed by atoms with van der Waals surface area (Å²) in [5, 5.41) is 13.0. The Kier molecular flexibility index (Phi) is 9.13. The summed E-state index contributed by atoms with van der Waals surface area (Å²) in [4.78, 5) is 18.6. The Bertz CT molecular complexity index is 1270. The maximum atomic E-state index is 13.8. The minimum atomic E-state index is -1.18. The van der Waals surface area contributed by atoms with Crippen molar-refractivity contribution in [2.75, 3.05) is 13.2 Å². The number of ether oxygens (including phenoxy) is 2. The fraction of sp³-hybridized carbons (Fsp3) is 0.286. The molecule has 2 N–H and O–H groups in total. The van der Waals surface area contributed by atoms with Crippen molar-refractivity contribution < 1.29 is 19.4 Å². The van der Waals surface area contributed by atoms with Gasteiger partial charge in [0, 0.05) is 46.1 Å². The Morgan fingerprint density at radius 3 is 2.54 bits per heavy atom. The molecule has 9 heteroatoms. The van der Waals surface area contributed by atoms with E-state index in [9.17, 15) is 4.79 Å². The van der Waals surface area contributed by atoms with Crippen LogP contribution in [0.15, 0.2) is 76.2 Å². The third kappa shape index (κ3) is 6.65. The van der Waals surface area contributed by atoms with Crippen molar-refractivity contribution in [1.29, 1.82) is 0 Å².